The van der Waals surface area contributed by atoms with Crippen LogP contribution in [0.3, 0.4) is 0 Å². The highest BCUT2D eigenvalue weighted by atomic mass is 16.5. The van der Waals surface area contributed by atoms with Gasteiger partial charge in [0.1, 0.15) is 6.10 Å². The van der Waals surface area contributed by atoms with Crippen molar-refractivity contribution in [3.05, 3.63) is 59.7 Å². The first-order chi connectivity index (χ1) is 13.9. The second kappa shape index (κ2) is 9.34. The number of ether oxygens (including phenoxy) is 1. The number of carboxylic acids is 1. The molecule has 0 bridgehead atoms. The highest BCUT2D eigenvalue weighted by Crippen LogP contribution is 2.18. The standard InChI is InChI=1S/C22H24N2O5/c1-14(22(27)28)12-15-7-9-17(10-8-15)23-20(25)16-4-2-5-18(13-16)24-21(26)19-6-3-11-29-19/h2,4-5,7-10,13-14,19H,3,6,11-12H2,1H3,(H,23,25)(H,24,26)(H,27,28). The van der Waals surface area contributed by atoms with E-state index in [0.29, 0.717) is 36.4 Å². The van der Waals surface area contributed by atoms with E-state index in [2.05, 4.69) is 10.6 Å². The Bertz CT molecular complexity index is 888. The van der Waals surface area contributed by atoms with Gasteiger partial charge in [-0.05, 0) is 55.2 Å². The van der Waals surface area contributed by atoms with Crippen LogP contribution >= 0.6 is 0 Å². The minimum Gasteiger partial charge on any atom is -0.481 e. The highest BCUT2D eigenvalue weighted by molar-refractivity contribution is 6.05. The fraction of sp³-hybridized carbons (Fsp3) is 0.318. The SMILES string of the molecule is CC(Cc1ccc(NC(=O)c2cccc(NC(=O)C3CCCO3)c2)cc1)C(=O)O. The van der Waals surface area contributed by atoms with Crippen molar-refractivity contribution >= 4 is 29.2 Å². The number of anilines is 2. The Hall–Kier alpha value is -3.19. The lowest BCUT2D eigenvalue weighted by atomic mass is 10.0. The Labute approximate surface area is 169 Å². The third-order valence-electron chi connectivity index (χ3n) is 4.79. The van der Waals surface area contributed by atoms with Gasteiger partial charge in [0, 0.05) is 23.5 Å². The zero-order valence-electron chi connectivity index (χ0n) is 16.2. The zero-order valence-corrected chi connectivity index (χ0v) is 16.2. The Morgan fingerprint density at radius 1 is 1.10 bits per heavy atom. The molecule has 2 amide bonds. The van der Waals surface area contributed by atoms with Gasteiger partial charge in [0.2, 0.25) is 0 Å². The van der Waals surface area contributed by atoms with Crippen LogP contribution in [0.1, 0.15) is 35.7 Å². The van der Waals surface area contributed by atoms with Gasteiger partial charge < -0.3 is 20.5 Å². The van der Waals surface area contributed by atoms with Crippen molar-refractivity contribution < 1.29 is 24.2 Å². The Morgan fingerprint density at radius 2 is 1.86 bits per heavy atom. The number of amides is 2. The molecule has 152 valence electrons. The van der Waals surface area contributed by atoms with Crippen LogP contribution < -0.4 is 10.6 Å². The molecule has 7 nitrogen and oxygen atoms in total. The summed E-state index contributed by atoms with van der Waals surface area (Å²) in [5.74, 6) is -1.81. The van der Waals surface area contributed by atoms with E-state index in [1.807, 2.05) is 0 Å². The summed E-state index contributed by atoms with van der Waals surface area (Å²) in [6, 6.07) is 13.8. The van der Waals surface area contributed by atoms with E-state index in [1.165, 1.54) is 0 Å². The molecule has 7 heteroatoms. The van der Waals surface area contributed by atoms with Gasteiger partial charge in [-0.1, -0.05) is 25.1 Å². The predicted octanol–water partition coefficient (Wildman–Crippen LogP) is 3.32. The third-order valence-corrected chi connectivity index (χ3v) is 4.79. The molecule has 0 aromatic heterocycles. The second-order valence-corrected chi connectivity index (χ2v) is 7.17. The number of rotatable bonds is 7. The molecular formula is C22H24N2O5. The van der Waals surface area contributed by atoms with Crippen molar-refractivity contribution in [3.63, 3.8) is 0 Å². The van der Waals surface area contributed by atoms with Crippen molar-refractivity contribution in [1.82, 2.24) is 0 Å². The minimum absolute atomic E-state index is 0.203. The molecule has 0 spiro atoms. The smallest absolute Gasteiger partial charge is 0.306 e. The average molecular weight is 396 g/mol. The Balaban J connectivity index is 1.60. The summed E-state index contributed by atoms with van der Waals surface area (Å²) >= 11 is 0. The van der Waals surface area contributed by atoms with Crippen LogP contribution in [0.4, 0.5) is 11.4 Å². The summed E-state index contributed by atoms with van der Waals surface area (Å²) < 4.78 is 5.37. The van der Waals surface area contributed by atoms with E-state index < -0.39 is 18.0 Å². The zero-order chi connectivity index (χ0) is 20.8. The normalized spacial score (nSPS) is 16.8. The first-order valence-corrected chi connectivity index (χ1v) is 9.58. The summed E-state index contributed by atoms with van der Waals surface area (Å²) in [4.78, 5) is 35.6. The quantitative estimate of drug-likeness (QED) is 0.666. The van der Waals surface area contributed by atoms with E-state index >= 15 is 0 Å². The van der Waals surface area contributed by atoms with Crippen LogP contribution in [0.5, 0.6) is 0 Å². The van der Waals surface area contributed by atoms with Crippen molar-refractivity contribution in [1.29, 1.82) is 0 Å². The Morgan fingerprint density at radius 3 is 2.52 bits per heavy atom. The summed E-state index contributed by atoms with van der Waals surface area (Å²) in [7, 11) is 0. The third kappa shape index (κ3) is 5.65. The minimum atomic E-state index is -0.839. The van der Waals surface area contributed by atoms with Crippen LogP contribution in [0.25, 0.3) is 0 Å². The van der Waals surface area contributed by atoms with Crippen molar-refractivity contribution in [2.45, 2.75) is 32.3 Å². The number of benzene rings is 2. The maximum Gasteiger partial charge on any atom is 0.306 e. The molecule has 2 atom stereocenters. The number of aliphatic carboxylic acids is 1. The highest BCUT2D eigenvalue weighted by Gasteiger charge is 2.23. The largest absolute Gasteiger partial charge is 0.481 e. The second-order valence-electron chi connectivity index (χ2n) is 7.17. The lowest BCUT2D eigenvalue weighted by Gasteiger charge is -2.12. The topological polar surface area (TPSA) is 105 Å². The average Bonchev–Trinajstić information content (AvgIpc) is 3.24. The van der Waals surface area contributed by atoms with Gasteiger partial charge in [0.25, 0.3) is 11.8 Å². The lowest BCUT2D eigenvalue weighted by molar-refractivity contribution is -0.141. The molecule has 1 saturated heterocycles. The van der Waals surface area contributed by atoms with Crippen molar-refractivity contribution in [3.8, 4) is 0 Å². The summed E-state index contributed by atoms with van der Waals surface area (Å²) in [6.07, 6.45) is 1.56. The van der Waals surface area contributed by atoms with Gasteiger partial charge >= 0.3 is 5.97 Å². The number of carbonyl (C=O) groups excluding carboxylic acids is 2. The number of carboxylic acid groups (broad SMARTS) is 1. The van der Waals surface area contributed by atoms with Crippen molar-refractivity contribution in [2.75, 3.05) is 17.2 Å². The van der Waals surface area contributed by atoms with Crippen molar-refractivity contribution in [2.24, 2.45) is 5.92 Å². The molecule has 0 aliphatic carbocycles. The summed E-state index contributed by atoms with van der Waals surface area (Å²) in [5.41, 5.74) is 2.45. The van der Waals surface area contributed by atoms with Gasteiger partial charge in [-0.3, -0.25) is 14.4 Å². The van der Waals surface area contributed by atoms with Crippen LogP contribution in [0.2, 0.25) is 0 Å². The molecule has 1 heterocycles. The molecule has 3 rings (SSSR count). The van der Waals surface area contributed by atoms with Crippen LogP contribution in [-0.4, -0.2) is 35.6 Å². The fourth-order valence-electron chi connectivity index (χ4n) is 3.11. The number of carbonyl (C=O) groups is 3. The molecule has 0 saturated carbocycles. The fourth-order valence-corrected chi connectivity index (χ4v) is 3.11. The van der Waals surface area contributed by atoms with Gasteiger partial charge in [-0.2, -0.15) is 0 Å². The molecule has 29 heavy (non-hydrogen) atoms. The lowest BCUT2D eigenvalue weighted by Crippen LogP contribution is -2.27. The predicted molar refractivity (Wildman–Crippen MR) is 109 cm³/mol. The molecule has 0 radical (unpaired) electrons. The van der Waals surface area contributed by atoms with Gasteiger partial charge in [0.05, 0.1) is 5.92 Å². The first kappa shape index (κ1) is 20.5. The molecule has 1 aliphatic rings. The van der Waals surface area contributed by atoms with Crippen LogP contribution in [0, 0.1) is 5.92 Å². The van der Waals surface area contributed by atoms with Crippen LogP contribution in [-0.2, 0) is 20.7 Å². The maximum atomic E-state index is 12.5. The van der Waals surface area contributed by atoms with E-state index in [1.54, 1.807) is 55.5 Å². The number of hydrogen-bond acceptors (Lipinski definition) is 4. The number of nitrogens with one attached hydrogen (secondary N) is 2. The number of hydrogen-bond donors (Lipinski definition) is 3. The maximum absolute atomic E-state index is 12.5. The Kier molecular flexibility index (Phi) is 6.61. The van der Waals surface area contributed by atoms with Gasteiger partial charge in [-0.25, -0.2) is 0 Å². The monoisotopic (exact) mass is 396 g/mol. The molecule has 1 fully saturated rings. The van der Waals surface area contributed by atoms with E-state index in [4.69, 9.17) is 9.84 Å². The molecule has 2 unspecified atom stereocenters. The molecular weight excluding hydrogens is 372 g/mol. The molecule has 3 N–H and O–H groups in total. The summed E-state index contributed by atoms with van der Waals surface area (Å²) in [6.45, 7) is 2.25. The van der Waals surface area contributed by atoms with E-state index in [9.17, 15) is 14.4 Å². The first-order valence-electron chi connectivity index (χ1n) is 9.58. The molecule has 2 aromatic carbocycles. The van der Waals surface area contributed by atoms with Crippen LogP contribution in [0.15, 0.2) is 48.5 Å². The summed E-state index contributed by atoms with van der Waals surface area (Å²) in [5, 5.41) is 14.6. The molecule has 2 aromatic rings. The van der Waals surface area contributed by atoms with E-state index in [0.717, 1.165) is 12.0 Å². The van der Waals surface area contributed by atoms with Gasteiger partial charge in [-0.15, -0.1) is 0 Å². The van der Waals surface area contributed by atoms with E-state index in [-0.39, 0.29) is 11.8 Å². The molecule has 1 aliphatic heterocycles. The van der Waals surface area contributed by atoms with Gasteiger partial charge in [0.15, 0.2) is 0 Å².